The average molecular weight is 377 g/mol. The predicted octanol–water partition coefficient (Wildman–Crippen LogP) is 4.97. The molecule has 0 radical (unpaired) electrons. The topological polar surface area (TPSA) is 58.2 Å². The normalized spacial score (nSPS) is 14.7. The van der Waals surface area contributed by atoms with Gasteiger partial charge in [0.05, 0.1) is 10.0 Å². The van der Waals surface area contributed by atoms with Crippen LogP contribution in [0.15, 0.2) is 36.4 Å². The van der Waals surface area contributed by atoms with Crippen molar-refractivity contribution in [3.05, 3.63) is 57.6 Å². The fourth-order valence-electron chi connectivity index (χ4n) is 2.80. The molecule has 0 saturated heterocycles. The summed E-state index contributed by atoms with van der Waals surface area (Å²) in [6.45, 7) is 3.93. The Morgan fingerprint density at radius 3 is 1.92 bits per heavy atom. The van der Waals surface area contributed by atoms with Gasteiger partial charge in [0.25, 0.3) is 0 Å². The molecule has 0 atom stereocenters. The summed E-state index contributed by atoms with van der Waals surface area (Å²) in [5.41, 5.74) is 2.31. The summed E-state index contributed by atoms with van der Waals surface area (Å²) >= 11 is 11.8. The number of benzene rings is 2. The van der Waals surface area contributed by atoms with Crippen molar-refractivity contribution < 1.29 is 9.59 Å². The molecule has 1 aliphatic carbocycles. The van der Waals surface area contributed by atoms with Crippen LogP contribution in [0, 0.1) is 19.3 Å². The van der Waals surface area contributed by atoms with E-state index in [0.29, 0.717) is 34.3 Å². The molecule has 6 heteroatoms. The number of aryl methyl sites for hydroxylation is 2. The standard InChI is InChI=1S/C19H18Cl2N2O2/c1-11-7-12(2)9-14(8-11)23-18(25)19(5-6-19)17(24)22-13-3-4-15(20)16(21)10-13/h3-4,7-10H,5-6H2,1-2H3,(H,22,24)(H,23,25). The van der Waals surface area contributed by atoms with Gasteiger partial charge in [-0.3, -0.25) is 9.59 Å². The van der Waals surface area contributed by atoms with Gasteiger partial charge in [-0.15, -0.1) is 0 Å². The van der Waals surface area contributed by atoms with Gasteiger partial charge in [0.1, 0.15) is 5.41 Å². The number of hydrogen-bond acceptors (Lipinski definition) is 2. The van der Waals surface area contributed by atoms with E-state index in [1.54, 1.807) is 18.2 Å². The van der Waals surface area contributed by atoms with E-state index in [-0.39, 0.29) is 11.8 Å². The van der Waals surface area contributed by atoms with Gasteiger partial charge < -0.3 is 10.6 Å². The van der Waals surface area contributed by atoms with Crippen LogP contribution in [0.4, 0.5) is 11.4 Å². The lowest BCUT2D eigenvalue weighted by Gasteiger charge is -2.16. The first-order valence-electron chi connectivity index (χ1n) is 7.96. The number of carbonyl (C=O) groups excluding carboxylic acids is 2. The number of halogens is 2. The van der Waals surface area contributed by atoms with Crippen LogP contribution in [0.25, 0.3) is 0 Å². The number of rotatable bonds is 4. The zero-order valence-corrected chi connectivity index (χ0v) is 15.5. The maximum atomic E-state index is 12.7. The lowest BCUT2D eigenvalue weighted by Crippen LogP contribution is -2.35. The summed E-state index contributed by atoms with van der Waals surface area (Å²) in [5.74, 6) is -0.608. The molecule has 2 aromatic carbocycles. The molecule has 2 amide bonds. The molecule has 0 spiro atoms. The van der Waals surface area contributed by atoms with Crippen molar-refractivity contribution in [2.24, 2.45) is 5.41 Å². The van der Waals surface area contributed by atoms with E-state index in [2.05, 4.69) is 10.6 Å². The van der Waals surface area contributed by atoms with E-state index in [1.165, 1.54) is 0 Å². The summed E-state index contributed by atoms with van der Waals surface area (Å²) in [6.07, 6.45) is 1.05. The molecule has 0 aliphatic heterocycles. The number of carbonyl (C=O) groups is 2. The van der Waals surface area contributed by atoms with E-state index in [0.717, 1.165) is 11.1 Å². The van der Waals surface area contributed by atoms with Crippen molar-refractivity contribution in [3.63, 3.8) is 0 Å². The van der Waals surface area contributed by atoms with Gasteiger partial charge >= 0.3 is 0 Å². The molecule has 25 heavy (non-hydrogen) atoms. The van der Waals surface area contributed by atoms with Gasteiger partial charge in [-0.2, -0.15) is 0 Å². The summed E-state index contributed by atoms with van der Waals surface area (Å²) < 4.78 is 0. The van der Waals surface area contributed by atoms with Gasteiger partial charge in [-0.05, 0) is 68.1 Å². The number of amides is 2. The minimum absolute atomic E-state index is 0.282. The maximum Gasteiger partial charge on any atom is 0.240 e. The van der Waals surface area contributed by atoms with Crippen LogP contribution in [0.5, 0.6) is 0 Å². The Morgan fingerprint density at radius 1 is 0.840 bits per heavy atom. The first-order chi connectivity index (χ1) is 11.8. The molecule has 1 saturated carbocycles. The Morgan fingerprint density at radius 2 is 1.40 bits per heavy atom. The zero-order chi connectivity index (χ0) is 18.2. The molecule has 2 aromatic rings. The molecule has 3 rings (SSSR count). The summed E-state index contributed by atoms with van der Waals surface area (Å²) in [7, 11) is 0. The summed E-state index contributed by atoms with van der Waals surface area (Å²) in [4.78, 5) is 25.3. The van der Waals surface area contributed by atoms with Crippen molar-refractivity contribution in [2.45, 2.75) is 26.7 Å². The average Bonchev–Trinajstić information content (AvgIpc) is 3.31. The third-order valence-electron chi connectivity index (χ3n) is 4.28. The van der Waals surface area contributed by atoms with Gasteiger partial charge in [0.15, 0.2) is 0 Å². The molecule has 2 N–H and O–H groups in total. The minimum atomic E-state index is -1.02. The first-order valence-corrected chi connectivity index (χ1v) is 8.72. The van der Waals surface area contributed by atoms with Crippen LogP contribution < -0.4 is 10.6 Å². The second-order valence-corrected chi connectivity index (χ2v) is 7.31. The lowest BCUT2D eigenvalue weighted by molar-refractivity contribution is -0.131. The molecular weight excluding hydrogens is 359 g/mol. The molecule has 0 aromatic heterocycles. The van der Waals surface area contributed by atoms with Crippen LogP contribution in [0.2, 0.25) is 10.0 Å². The third-order valence-corrected chi connectivity index (χ3v) is 5.02. The van der Waals surface area contributed by atoms with Crippen LogP contribution in [-0.4, -0.2) is 11.8 Å². The molecule has 4 nitrogen and oxygen atoms in total. The van der Waals surface area contributed by atoms with E-state index in [1.807, 2.05) is 32.0 Å². The van der Waals surface area contributed by atoms with E-state index in [9.17, 15) is 9.59 Å². The Balaban J connectivity index is 1.73. The highest BCUT2D eigenvalue weighted by Crippen LogP contribution is 2.47. The smallest absolute Gasteiger partial charge is 0.240 e. The van der Waals surface area contributed by atoms with Crippen LogP contribution in [0.3, 0.4) is 0 Å². The fourth-order valence-corrected chi connectivity index (χ4v) is 3.10. The third kappa shape index (κ3) is 3.80. The molecule has 1 fully saturated rings. The van der Waals surface area contributed by atoms with Gasteiger partial charge in [-0.25, -0.2) is 0 Å². The molecule has 0 unspecified atom stereocenters. The van der Waals surface area contributed by atoms with Crippen LogP contribution >= 0.6 is 23.2 Å². The molecular formula is C19H18Cl2N2O2. The Bertz CT molecular complexity index is 840. The largest absolute Gasteiger partial charge is 0.325 e. The molecule has 130 valence electrons. The highest BCUT2D eigenvalue weighted by atomic mass is 35.5. The van der Waals surface area contributed by atoms with Gasteiger partial charge in [0.2, 0.25) is 11.8 Å². The number of anilines is 2. The Kier molecular flexibility index (Phi) is 4.76. The van der Waals surface area contributed by atoms with Crippen LogP contribution in [0.1, 0.15) is 24.0 Å². The lowest BCUT2D eigenvalue weighted by atomic mass is 10.0. The fraction of sp³-hybridized carbons (Fsp3) is 0.263. The Labute approximate surface area is 156 Å². The van der Waals surface area contributed by atoms with Crippen molar-refractivity contribution >= 4 is 46.4 Å². The monoisotopic (exact) mass is 376 g/mol. The number of hydrogen-bond donors (Lipinski definition) is 2. The summed E-state index contributed by atoms with van der Waals surface area (Å²) in [6, 6.07) is 10.6. The van der Waals surface area contributed by atoms with Crippen molar-refractivity contribution in [2.75, 3.05) is 10.6 Å². The first kappa shape index (κ1) is 17.8. The second kappa shape index (κ2) is 6.70. The van der Waals surface area contributed by atoms with E-state index < -0.39 is 5.41 Å². The predicted molar refractivity (Wildman–Crippen MR) is 101 cm³/mol. The second-order valence-electron chi connectivity index (χ2n) is 6.50. The molecule has 0 bridgehead atoms. The highest BCUT2D eigenvalue weighted by molar-refractivity contribution is 6.42. The quantitative estimate of drug-likeness (QED) is 0.740. The van der Waals surface area contributed by atoms with Crippen LogP contribution in [-0.2, 0) is 9.59 Å². The summed E-state index contributed by atoms with van der Waals surface area (Å²) in [5, 5.41) is 6.39. The molecule has 1 aliphatic rings. The highest BCUT2D eigenvalue weighted by Gasteiger charge is 2.56. The van der Waals surface area contributed by atoms with E-state index >= 15 is 0 Å². The zero-order valence-electron chi connectivity index (χ0n) is 14.0. The molecule has 0 heterocycles. The van der Waals surface area contributed by atoms with Crippen molar-refractivity contribution in [1.82, 2.24) is 0 Å². The van der Waals surface area contributed by atoms with Crippen molar-refractivity contribution in [1.29, 1.82) is 0 Å². The van der Waals surface area contributed by atoms with Crippen molar-refractivity contribution in [3.8, 4) is 0 Å². The minimum Gasteiger partial charge on any atom is -0.325 e. The van der Waals surface area contributed by atoms with Gasteiger partial charge in [-0.1, -0.05) is 29.3 Å². The van der Waals surface area contributed by atoms with Gasteiger partial charge in [0, 0.05) is 11.4 Å². The SMILES string of the molecule is Cc1cc(C)cc(NC(=O)C2(C(=O)Nc3ccc(Cl)c(Cl)c3)CC2)c1. The number of nitrogens with one attached hydrogen (secondary N) is 2. The maximum absolute atomic E-state index is 12.7. The Hall–Kier alpha value is -2.04. The van der Waals surface area contributed by atoms with E-state index in [4.69, 9.17) is 23.2 Å².